The van der Waals surface area contributed by atoms with Gasteiger partial charge in [-0.2, -0.15) is 0 Å². The Balaban J connectivity index is 1.42. The fourth-order valence-electron chi connectivity index (χ4n) is 3.11. The van der Waals surface area contributed by atoms with Gasteiger partial charge in [0.15, 0.2) is 0 Å². The summed E-state index contributed by atoms with van der Waals surface area (Å²) in [6.07, 6.45) is 4.99. The van der Waals surface area contributed by atoms with Gasteiger partial charge in [-0.25, -0.2) is 4.98 Å². The van der Waals surface area contributed by atoms with Crippen LogP contribution in [0.15, 0.2) is 64.8 Å². The Morgan fingerprint density at radius 3 is 2.82 bits per heavy atom. The van der Waals surface area contributed by atoms with E-state index in [1.54, 1.807) is 17.5 Å². The molecule has 0 saturated carbocycles. The van der Waals surface area contributed by atoms with Gasteiger partial charge in [0.25, 0.3) is 0 Å². The number of benzene rings is 1. The van der Waals surface area contributed by atoms with Crippen molar-refractivity contribution >= 4 is 11.3 Å². The predicted molar refractivity (Wildman–Crippen MR) is 109 cm³/mol. The molecule has 0 bridgehead atoms. The summed E-state index contributed by atoms with van der Waals surface area (Å²) >= 11 is 1.61. The van der Waals surface area contributed by atoms with E-state index in [1.807, 2.05) is 61.1 Å². The molecular formula is C22H21N3O2S. The quantitative estimate of drug-likeness (QED) is 0.492. The number of oxazole rings is 1. The zero-order chi connectivity index (χ0) is 19.3. The predicted octanol–water partition coefficient (Wildman–Crippen LogP) is 4.76. The first kappa shape index (κ1) is 18.5. The molecule has 0 fully saturated rings. The molecule has 3 aromatic heterocycles. The highest BCUT2D eigenvalue weighted by Crippen LogP contribution is 2.25. The second kappa shape index (κ2) is 8.46. The van der Waals surface area contributed by atoms with Crippen LogP contribution in [0.4, 0.5) is 0 Å². The monoisotopic (exact) mass is 391 g/mol. The molecule has 1 N–H and O–H groups in total. The molecule has 1 unspecified atom stereocenters. The Morgan fingerprint density at radius 2 is 2.04 bits per heavy atom. The van der Waals surface area contributed by atoms with Crippen LogP contribution in [0, 0.1) is 6.92 Å². The smallest absolute Gasteiger partial charge is 0.226 e. The lowest BCUT2D eigenvalue weighted by molar-refractivity contribution is 0.167. The van der Waals surface area contributed by atoms with E-state index in [-0.39, 0.29) is 0 Å². The van der Waals surface area contributed by atoms with E-state index in [2.05, 4.69) is 15.0 Å². The lowest BCUT2D eigenvalue weighted by Gasteiger charge is -2.11. The molecule has 0 spiro atoms. The van der Waals surface area contributed by atoms with Gasteiger partial charge >= 0.3 is 0 Å². The van der Waals surface area contributed by atoms with Crippen LogP contribution in [0.2, 0.25) is 0 Å². The normalized spacial score (nSPS) is 12.2. The van der Waals surface area contributed by atoms with Crippen LogP contribution in [0.1, 0.15) is 40.1 Å². The molecule has 0 amide bonds. The lowest BCUT2D eigenvalue weighted by atomic mass is 10.0. The van der Waals surface area contributed by atoms with Crippen molar-refractivity contribution in [3.8, 4) is 11.5 Å². The molecule has 3 heterocycles. The van der Waals surface area contributed by atoms with Crippen molar-refractivity contribution < 1.29 is 9.52 Å². The van der Waals surface area contributed by atoms with Crippen molar-refractivity contribution in [2.45, 2.75) is 32.3 Å². The third kappa shape index (κ3) is 4.35. The number of hydrogen-bond donors (Lipinski definition) is 1. The minimum atomic E-state index is -0.570. The summed E-state index contributed by atoms with van der Waals surface area (Å²) in [5.41, 5.74) is 5.47. The van der Waals surface area contributed by atoms with Gasteiger partial charge in [0.2, 0.25) is 5.89 Å². The SMILES string of the molecule is Cc1oc(-c2ccccc2)nc1CCC(O)c1ccnc(Cc2cncs2)c1. The third-order valence-corrected chi connectivity index (χ3v) is 5.41. The highest BCUT2D eigenvalue weighted by Gasteiger charge is 2.15. The maximum absolute atomic E-state index is 10.7. The zero-order valence-corrected chi connectivity index (χ0v) is 16.4. The fraction of sp³-hybridized carbons (Fsp3) is 0.227. The zero-order valence-electron chi connectivity index (χ0n) is 15.6. The largest absolute Gasteiger partial charge is 0.441 e. The van der Waals surface area contributed by atoms with Crippen molar-refractivity contribution in [3.05, 3.63) is 88.0 Å². The average Bonchev–Trinajstić information content (AvgIpc) is 3.36. The van der Waals surface area contributed by atoms with Gasteiger partial charge in [0.05, 0.1) is 17.3 Å². The van der Waals surface area contributed by atoms with Crippen LogP contribution in [-0.2, 0) is 12.8 Å². The molecule has 1 aromatic carbocycles. The Hall–Kier alpha value is -2.83. The maximum Gasteiger partial charge on any atom is 0.226 e. The van der Waals surface area contributed by atoms with Gasteiger partial charge in [-0.05, 0) is 49.6 Å². The van der Waals surface area contributed by atoms with Gasteiger partial charge in [0, 0.05) is 34.9 Å². The number of rotatable bonds is 7. The van der Waals surface area contributed by atoms with E-state index in [0.29, 0.717) is 18.7 Å². The summed E-state index contributed by atoms with van der Waals surface area (Å²) in [6, 6.07) is 13.7. The van der Waals surface area contributed by atoms with E-state index in [1.165, 1.54) is 0 Å². The first-order valence-corrected chi connectivity index (χ1v) is 10.1. The summed E-state index contributed by atoms with van der Waals surface area (Å²) in [4.78, 5) is 14.3. The Labute approximate surface area is 167 Å². The van der Waals surface area contributed by atoms with Gasteiger partial charge < -0.3 is 9.52 Å². The summed E-state index contributed by atoms with van der Waals surface area (Å²) in [6.45, 7) is 1.92. The number of aliphatic hydroxyl groups excluding tert-OH is 1. The van der Waals surface area contributed by atoms with Crippen LogP contribution in [0.5, 0.6) is 0 Å². The van der Waals surface area contributed by atoms with Crippen molar-refractivity contribution in [3.63, 3.8) is 0 Å². The molecule has 4 aromatic rings. The summed E-state index contributed by atoms with van der Waals surface area (Å²) in [7, 11) is 0. The van der Waals surface area contributed by atoms with Crippen LogP contribution < -0.4 is 0 Å². The van der Waals surface area contributed by atoms with Gasteiger partial charge in [-0.3, -0.25) is 9.97 Å². The molecule has 5 nitrogen and oxygen atoms in total. The number of aliphatic hydroxyl groups is 1. The highest BCUT2D eigenvalue weighted by molar-refractivity contribution is 7.09. The van der Waals surface area contributed by atoms with Gasteiger partial charge in [-0.1, -0.05) is 18.2 Å². The first-order chi connectivity index (χ1) is 13.7. The molecule has 1 atom stereocenters. The maximum atomic E-state index is 10.7. The average molecular weight is 391 g/mol. The van der Waals surface area contributed by atoms with Crippen LogP contribution in [0.3, 0.4) is 0 Å². The molecule has 0 aliphatic heterocycles. The fourth-order valence-corrected chi connectivity index (χ4v) is 3.72. The molecule has 28 heavy (non-hydrogen) atoms. The van der Waals surface area contributed by atoms with E-state index >= 15 is 0 Å². The molecular weight excluding hydrogens is 370 g/mol. The van der Waals surface area contributed by atoms with E-state index in [0.717, 1.165) is 39.6 Å². The first-order valence-electron chi connectivity index (χ1n) is 9.21. The minimum absolute atomic E-state index is 0.570. The molecule has 0 radical (unpaired) electrons. The topological polar surface area (TPSA) is 72.0 Å². The van der Waals surface area contributed by atoms with E-state index < -0.39 is 6.10 Å². The number of thiazole rings is 1. The van der Waals surface area contributed by atoms with Crippen molar-refractivity contribution in [1.82, 2.24) is 15.0 Å². The minimum Gasteiger partial charge on any atom is -0.441 e. The summed E-state index contributed by atoms with van der Waals surface area (Å²) in [5.74, 6) is 1.42. The summed E-state index contributed by atoms with van der Waals surface area (Å²) < 4.78 is 5.81. The molecule has 6 heteroatoms. The van der Waals surface area contributed by atoms with Crippen molar-refractivity contribution in [1.29, 1.82) is 0 Å². The molecule has 4 rings (SSSR count). The third-order valence-electron chi connectivity index (χ3n) is 4.63. The second-order valence-corrected chi connectivity index (χ2v) is 7.64. The van der Waals surface area contributed by atoms with Crippen molar-refractivity contribution in [2.75, 3.05) is 0 Å². The standard InChI is InChI=1S/C22H21N3O2S/c1-15-20(25-22(27-15)16-5-3-2-4-6-16)7-8-21(26)17-9-10-24-18(11-17)12-19-13-23-14-28-19/h2-6,9-11,13-14,21,26H,7-8,12H2,1H3. The van der Waals surface area contributed by atoms with Gasteiger partial charge in [0.1, 0.15) is 5.76 Å². The Bertz CT molecular complexity index is 1030. The van der Waals surface area contributed by atoms with Crippen LogP contribution >= 0.6 is 11.3 Å². The van der Waals surface area contributed by atoms with E-state index in [9.17, 15) is 5.11 Å². The van der Waals surface area contributed by atoms with Gasteiger partial charge in [-0.15, -0.1) is 11.3 Å². The number of pyridine rings is 1. The Kier molecular flexibility index (Phi) is 5.60. The lowest BCUT2D eigenvalue weighted by Crippen LogP contribution is -2.02. The molecule has 0 aliphatic carbocycles. The highest BCUT2D eigenvalue weighted by atomic mass is 32.1. The number of aryl methyl sites for hydroxylation is 2. The summed E-state index contributed by atoms with van der Waals surface area (Å²) in [5, 5.41) is 10.7. The number of aromatic nitrogens is 3. The molecule has 0 saturated heterocycles. The van der Waals surface area contributed by atoms with Crippen molar-refractivity contribution in [2.24, 2.45) is 0 Å². The number of nitrogens with zero attached hydrogens (tertiary/aromatic N) is 3. The Morgan fingerprint density at radius 1 is 1.18 bits per heavy atom. The van der Waals surface area contributed by atoms with Crippen LogP contribution in [0.25, 0.3) is 11.5 Å². The molecule has 142 valence electrons. The van der Waals surface area contributed by atoms with E-state index in [4.69, 9.17) is 4.42 Å². The molecule has 0 aliphatic rings. The van der Waals surface area contributed by atoms with Crippen LogP contribution in [-0.4, -0.2) is 20.1 Å². The second-order valence-electron chi connectivity index (χ2n) is 6.67. The number of hydrogen-bond acceptors (Lipinski definition) is 6.